The lowest BCUT2D eigenvalue weighted by Crippen LogP contribution is -2.27. The van der Waals surface area contributed by atoms with Gasteiger partial charge in [-0.25, -0.2) is 0 Å². The molecule has 1 aromatic carbocycles. The van der Waals surface area contributed by atoms with Gasteiger partial charge in [-0.2, -0.15) is 0 Å². The highest BCUT2D eigenvalue weighted by molar-refractivity contribution is 6.42. The van der Waals surface area contributed by atoms with Crippen LogP contribution in [0.4, 0.5) is 0 Å². The predicted molar refractivity (Wildman–Crippen MR) is 60.7 cm³/mol. The van der Waals surface area contributed by atoms with Crippen molar-refractivity contribution in [3.63, 3.8) is 0 Å². The first-order chi connectivity index (χ1) is 7.02. The number of carbonyl (C=O) groups excluding carboxylic acids is 1. The Balaban J connectivity index is 2.66. The number of amides is 1. The Labute approximate surface area is 98.5 Å². The van der Waals surface area contributed by atoms with E-state index in [1.165, 1.54) is 4.90 Å². The molecule has 5 heteroatoms. The summed E-state index contributed by atoms with van der Waals surface area (Å²) in [5, 5.41) is 0.734. The van der Waals surface area contributed by atoms with Gasteiger partial charge in [-0.05, 0) is 12.1 Å². The molecule has 0 N–H and O–H groups in total. The summed E-state index contributed by atoms with van der Waals surface area (Å²) in [4.78, 5) is 12.7. The van der Waals surface area contributed by atoms with Gasteiger partial charge in [0.2, 0.25) is 0 Å². The average molecular weight is 248 g/mol. The van der Waals surface area contributed by atoms with E-state index in [2.05, 4.69) is 0 Å². The van der Waals surface area contributed by atoms with Crippen molar-refractivity contribution in [1.82, 2.24) is 4.90 Å². The van der Waals surface area contributed by atoms with Crippen LogP contribution >= 0.6 is 23.2 Å². The van der Waals surface area contributed by atoms with E-state index < -0.39 is 0 Å². The lowest BCUT2D eigenvalue weighted by molar-refractivity contribution is -0.130. The van der Waals surface area contributed by atoms with Crippen LogP contribution in [0.2, 0.25) is 10.0 Å². The summed E-state index contributed by atoms with van der Waals surface area (Å²) in [6.45, 7) is -0.0485. The third-order valence-corrected chi connectivity index (χ3v) is 2.57. The van der Waals surface area contributed by atoms with Crippen LogP contribution in [-0.4, -0.2) is 31.5 Å². The van der Waals surface area contributed by atoms with Gasteiger partial charge in [0, 0.05) is 14.1 Å². The van der Waals surface area contributed by atoms with Crippen molar-refractivity contribution in [3.8, 4) is 5.75 Å². The minimum atomic E-state index is -0.133. The van der Waals surface area contributed by atoms with E-state index in [0.717, 1.165) is 0 Å². The molecule has 1 aromatic rings. The predicted octanol–water partition coefficient (Wildman–Crippen LogP) is 2.46. The van der Waals surface area contributed by atoms with E-state index in [9.17, 15) is 4.79 Å². The van der Waals surface area contributed by atoms with E-state index in [1.54, 1.807) is 32.3 Å². The molecule has 0 saturated carbocycles. The van der Waals surface area contributed by atoms with Crippen molar-refractivity contribution in [1.29, 1.82) is 0 Å². The van der Waals surface area contributed by atoms with Gasteiger partial charge < -0.3 is 9.64 Å². The lowest BCUT2D eigenvalue weighted by Gasteiger charge is -2.12. The molecule has 3 nitrogen and oxygen atoms in total. The third-order valence-electron chi connectivity index (χ3n) is 1.77. The van der Waals surface area contributed by atoms with Crippen molar-refractivity contribution in [3.05, 3.63) is 28.2 Å². The fraction of sp³-hybridized carbons (Fsp3) is 0.300. The number of likely N-dealkylation sites (N-methyl/N-ethyl adjacent to an activating group) is 1. The molecule has 0 bridgehead atoms. The highest BCUT2D eigenvalue weighted by atomic mass is 35.5. The third kappa shape index (κ3) is 3.29. The van der Waals surface area contributed by atoms with E-state index in [0.29, 0.717) is 15.8 Å². The Morgan fingerprint density at radius 3 is 2.67 bits per heavy atom. The maximum Gasteiger partial charge on any atom is 0.259 e. The average Bonchev–Trinajstić information content (AvgIpc) is 2.19. The number of rotatable bonds is 3. The molecule has 0 aromatic heterocycles. The zero-order valence-electron chi connectivity index (χ0n) is 8.46. The molecule has 0 fully saturated rings. The van der Waals surface area contributed by atoms with Crippen LogP contribution in [0, 0.1) is 0 Å². The summed E-state index contributed by atoms with van der Waals surface area (Å²) < 4.78 is 5.23. The largest absolute Gasteiger partial charge is 0.482 e. The van der Waals surface area contributed by atoms with E-state index in [-0.39, 0.29) is 12.5 Å². The van der Waals surface area contributed by atoms with Crippen LogP contribution < -0.4 is 4.74 Å². The highest BCUT2D eigenvalue weighted by Crippen LogP contribution is 2.31. The molecule has 0 aliphatic carbocycles. The van der Waals surface area contributed by atoms with Crippen LogP contribution in [0.25, 0.3) is 0 Å². The number of hydrogen-bond donors (Lipinski definition) is 0. The van der Waals surface area contributed by atoms with Crippen molar-refractivity contribution in [2.75, 3.05) is 20.7 Å². The number of hydrogen-bond acceptors (Lipinski definition) is 2. The van der Waals surface area contributed by atoms with Crippen LogP contribution in [-0.2, 0) is 4.79 Å². The van der Waals surface area contributed by atoms with Gasteiger partial charge >= 0.3 is 0 Å². The van der Waals surface area contributed by atoms with E-state index in [1.807, 2.05) is 0 Å². The zero-order valence-corrected chi connectivity index (χ0v) is 9.97. The molecule has 0 heterocycles. The van der Waals surface area contributed by atoms with Gasteiger partial charge in [0.05, 0.1) is 5.02 Å². The Kier molecular flexibility index (Phi) is 4.24. The number of carbonyl (C=O) groups is 1. The van der Waals surface area contributed by atoms with Gasteiger partial charge in [-0.3, -0.25) is 4.79 Å². The normalized spacial score (nSPS) is 9.87. The van der Waals surface area contributed by atoms with Crippen molar-refractivity contribution >= 4 is 29.1 Å². The molecule has 15 heavy (non-hydrogen) atoms. The Hall–Kier alpha value is -0.930. The van der Waals surface area contributed by atoms with Crippen molar-refractivity contribution in [2.45, 2.75) is 0 Å². The number of nitrogens with zero attached hydrogens (tertiary/aromatic N) is 1. The van der Waals surface area contributed by atoms with Gasteiger partial charge in [0.1, 0.15) is 10.8 Å². The number of ether oxygens (including phenoxy) is 1. The fourth-order valence-corrected chi connectivity index (χ4v) is 1.21. The summed E-state index contributed by atoms with van der Waals surface area (Å²) in [5.41, 5.74) is 0. The summed E-state index contributed by atoms with van der Waals surface area (Å²) in [6, 6.07) is 5.03. The topological polar surface area (TPSA) is 29.5 Å². The molecule has 0 aliphatic rings. The minimum absolute atomic E-state index is 0.0485. The Morgan fingerprint density at radius 2 is 2.07 bits per heavy atom. The monoisotopic (exact) mass is 247 g/mol. The maximum absolute atomic E-state index is 11.2. The van der Waals surface area contributed by atoms with E-state index >= 15 is 0 Å². The van der Waals surface area contributed by atoms with Crippen LogP contribution in [0.5, 0.6) is 5.75 Å². The molecule has 0 saturated heterocycles. The second-order valence-electron chi connectivity index (χ2n) is 3.13. The molecular weight excluding hydrogens is 237 g/mol. The standard InChI is InChI=1S/C10H11Cl2NO2/c1-13(2)9(14)6-15-8-5-3-4-7(11)10(8)12/h3-5H,6H2,1-2H3. The Bertz CT molecular complexity index is 366. The maximum atomic E-state index is 11.2. The van der Waals surface area contributed by atoms with Gasteiger partial charge in [-0.15, -0.1) is 0 Å². The molecule has 1 rings (SSSR count). The molecule has 1 amide bonds. The smallest absolute Gasteiger partial charge is 0.259 e. The molecule has 0 atom stereocenters. The number of halogens is 2. The zero-order chi connectivity index (χ0) is 11.4. The van der Waals surface area contributed by atoms with Gasteiger partial charge in [-0.1, -0.05) is 29.3 Å². The summed E-state index contributed by atoms with van der Waals surface area (Å²) >= 11 is 11.7. The van der Waals surface area contributed by atoms with Gasteiger partial charge in [0.15, 0.2) is 6.61 Å². The quantitative estimate of drug-likeness (QED) is 0.822. The molecule has 0 aliphatic heterocycles. The molecule has 82 valence electrons. The van der Waals surface area contributed by atoms with Crippen LogP contribution in [0.1, 0.15) is 0 Å². The van der Waals surface area contributed by atoms with E-state index in [4.69, 9.17) is 27.9 Å². The summed E-state index contributed by atoms with van der Waals surface area (Å²) in [7, 11) is 3.32. The van der Waals surface area contributed by atoms with Gasteiger partial charge in [0.25, 0.3) is 5.91 Å². The van der Waals surface area contributed by atoms with Crippen LogP contribution in [0.15, 0.2) is 18.2 Å². The summed E-state index contributed by atoms with van der Waals surface area (Å²) in [5.74, 6) is 0.283. The molecule has 0 unspecified atom stereocenters. The van der Waals surface area contributed by atoms with Crippen molar-refractivity contribution in [2.24, 2.45) is 0 Å². The van der Waals surface area contributed by atoms with Crippen LogP contribution in [0.3, 0.4) is 0 Å². The first-order valence-electron chi connectivity index (χ1n) is 4.29. The van der Waals surface area contributed by atoms with Crippen molar-refractivity contribution < 1.29 is 9.53 Å². The second-order valence-corrected chi connectivity index (χ2v) is 3.91. The number of benzene rings is 1. The fourth-order valence-electron chi connectivity index (χ4n) is 0.864. The lowest BCUT2D eigenvalue weighted by atomic mass is 10.3. The molecule has 0 spiro atoms. The second kappa shape index (κ2) is 5.24. The SMILES string of the molecule is CN(C)C(=O)COc1cccc(Cl)c1Cl. The minimum Gasteiger partial charge on any atom is -0.482 e. The first kappa shape index (κ1) is 12.1. The Morgan fingerprint density at radius 1 is 1.40 bits per heavy atom. The molecular formula is C10H11Cl2NO2. The first-order valence-corrected chi connectivity index (χ1v) is 5.05. The summed E-state index contributed by atoms with van der Waals surface area (Å²) in [6.07, 6.45) is 0. The molecule has 0 radical (unpaired) electrons. The highest BCUT2D eigenvalue weighted by Gasteiger charge is 2.08.